The second-order valence-corrected chi connectivity index (χ2v) is 6.42. The van der Waals surface area contributed by atoms with Crippen LogP contribution >= 0.6 is 11.3 Å². The molecule has 1 aromatic heterocycles. The van der Waals surface area contributed by atoms with Crippen molar-refractivity contribution in [2.75, 3.05) is 13.2 Å². The summed E-state index contributed by atoms with van der Waals surface area (Å²) in [5.41, 5.74) is 0.140. The second kappa shape index (κ2) is 5.75. The summed E-state index contributed by atoms with van der Waals surface area (Å²) in [5.74, 6) is 0.315. The summed E-state index contributed by atoms with van der Waals surface area (Å²) in [5, 5.41) is 13.4. The van der Waals surface area contributed by atoms with E-state index < -0.39 is 0 Å². The van der Waals surface area contributed by atoms with Crippen molar-refractivity contribution < 1.29 is 5.11 Å². The Balaban J connectivity index is 2.41. The summed E-state index contributed by atoms with van der Waals surface area (Å²) < 4.78 is 0. The van der Waals surface area contributed by atoms with E-state index in [0.717, 1.165) is 13.1 Å². The zero-order valence-electron chi connectivity index (χ0n) is 10.6. The first kappa shape index (κ1) is 13.6. The predicted octanol–water partition coefficient (Wildman–Crippen LogP) is 2.16. The van der Waals surface area contributed by atoms with E-state index in [9.17, 15) is 0 Å². The van der Waals surface area contributed by atoms with Crippen LogP contribution in [-0.2, 0) is 12.0 Å². The Hall–Kier alpha value is -0.450. The van der Waals surface area contributed by atoms with Crippen molar-refractivity contribution in [2.24, 2.45) is 5.92 Å². The minimum Gasteiger partial charge on any atom is -0.396 e. The topological polar surface area (TPSA) is 45.1 Å². The van der Waals surface area contributed by atoms with Gasteiger partial charge in [-0.15, -0.1) is 11.3 Å². The van der Waals surface area contributed by atoms with Gasteiger partial charge >= 0.3 is 0 Å². The average Bonchev–Trinajstić information content (AvgIpc) is 2.65. The highest BCUT2D eigenvalue weighted by Gasteiger charge is 2.17. The van der Waals surface area contributed by atoms with Gasteiger partial charge in [0, 0.05) is 36.2 Å². The standard InChI is InChI=1S/C12H22N2OS/c1-9(8-15)5-13-6-10-7-14-11(16-10)12(2,3)4/h7,9,13,15H,5-6,8H2,1-4H3. The molecule has 2 N–H and O–H groups in total. The van der Waals surface area contributed by atoms with Gasteiger partial charge in [0.2, 0.25) is 0 Å². The lowest BCUT2D eigenvalue weighted by Gasteiger charge is -2.13. The zero-order chi connectivity index (χ0) is 12.2. The lowest BCUT2D eigenvalue weighted by atomic mass is 9.98. The van der Waals surface area contributed by atoms with E-state index in [1.165, 1.54) is 9.88 Å². The van der Waals surface area contributed by atoms with Crippen LogP contribution in [0.1, 0.15) is 37.6 Å². The van der Waals surface area contributed by atoms with Gasteiger partial charge in [-0.05, 0) is 5.92 Å². The molecule has 1 rings (SSSR count). The Morgan fingerprint density at radius 1 is 1.50 bits per heavy atom. The van der Waals surface area contributed by atoms with Crippen molar-refractivity contribution in [3.05, 3.63) is 16.1 Å². The number of nitrogens with zero attached hydrogens (tertiary/aromatic N) is 1. The van der Waals surface area contributed by atoms with Gasteiger partial charge < -0.3 is 10.4 Å². The maximum Gasteiger partial charge on any atom is 0.0981 e. The first-order valence-corrected chi connectivity index (χ1v) is 6.52. The molecular weight excluding hydrogens is 220 g/mol. The fourth-order valence-corrected chi connectivity index (χ4v) is 2.18. The molecule has 92 valence electrons. The van der Waals surface area contributed by atoms with Crippen molar-refractivity contribution in [2.45, 2.75) is 39.7 Å². The Morgan fingerprint density at radius 2 is 2.19 bits per heavy atom. The van der Waals surface area contributed by atoms with E-state index in [-0.39, 0.29) is 12.0 Å². The molecule has 0 fully saturated rings. The van der Waals surface area contributed by atoms with Crippen LogP contribution in [0.15, 0.2) is 6.20 Å². The van der Waals surface area contributed by atoms with E-state index in [1.54, 1.807) is 11.3 Å². The van der Waals surface area contributed by atoms with E-state index in [2.05, 4.69) is 31.1 Å². The molecule has 0 aliphatic heterocycles. The third-order valence-electron chi connectivity index (χ3n) is 2.30. The van der Waals surface area contributed by atoms with Crippen LogP contribution in [0, 0.1) is 5.92 Å². The molecule has 0 bridgehead atoms. The molecule has 1 unspecified atom stereocenters. The van der Waals surface area contributed by atoms with Gasteiger partial charge in [0.05, 0.1) is 5.01 Å². The van der Waals surface area contributed by atoms with Crippen LogP contribution in [0.3, 0.4) is 0 Å². The monoisotopic (exact) mass is 242 g/mol. The molecule has 0 aromatic carbocycles. The van der Waals surface area contributed by atoms with Crippen LogP contribution in [0.25, 0.3) is 0 Å². The van der Waals surface area contributed by atoms with E-state index in [4.69, 9.17) is 5.11 Å². The number of aromatic nitrogens is 1. The van der Waals surface area contributed by atoms with Crippen LogP contribution in [0.2, 0.25) is 0 Å². The molecule has 0 amide bonds. The molecule has 16 heavy (non-hydrogen) atoms. The van der Waals surface area contributed by atoms with Gasteiger partial charge in [-0.25, -0.2) is 4.98 Å². The molecule has 3 nitrogen and oxygen atoms in total. The molecule has 1 heterocycles. The Labute approximate surface area is 102 Å². The molecule has 1 aromatic rings. The molecule has 0 aliphatic rings. The third-order valence-corrected chi connectivity index (χ3v) is 3.72. The van der Waals surface area contributed by atoms with Crippen LogP contribution in [-0.4, -0.2) is 23.2 Å². The van der Waals surface area contributed by atoms with Gasteiger partial charge in [0.1, 0.15) is 0 Å². The largest absolute Gasteiger partial charge is 0.396 e. The van der Waals surface area contributed by atoms with E-state index in [1.807, 2.05) is 13.1 Å². The summed E-state index contributed by atoms with van der Waals surface area (Å²) in [6, 6.07) is 0. The van der Waals surface area contributed by atoms with Gasteiger partial charge in [-0.1, -0.05) is 27.7 Å². The Kier molecular flexibility index (Phi) is 4.89. The molecule has 0 aliphatic carbocycles. The van der Waals surface area contributed by atoms with Crippen LogP contribution in [0.4, 0.5) is 0 Å². The quantitative estimate of drug-likeness (QED) is 0.831. The number of hydrogen-bond acceptors (Lipinski definition) is 4. The summed E-state index contributed by atoms with van der Waals surface area (Å²) >= 11 is 1.76. The predicted molar refractivity (Wildman–Crippen MR) is 68.8 cm³/mol. The third kappa shape index (κ3) is 4.20. The highest BCUT2D eigenvalue weighted by Crippen LogP contribution is 2.26. The first-order valence-electron chi connectivity index (χ1n) is 5.70. The zero-order valence-corrected chi connectivity index (χ0v) is 11.4. The maximum absolute atomic E-state index is 8.89. The van der Waals surface area contributed by atoms with Gasteiger partial charge in [-0.3, -0.25) is 0 Å². The number of nitrogens with one attached hydrogen (secondary N) is 1. The summed E-state index contributed by atoms with van der Waals surface area (Å²) in [6.07, 6.45) is 1.95. The van der Waals surface area contributed by atoms with Gasteiger partial charge in [-0.2, -0.15) is 0 Å². The SMILES string of the molecule is CC(CO)CNCc1cnc(C(C)(C)C)s1. The van der Waals surface area contributed by atoms with E-state index in [0.29, 0.717) is 5.92 Å². The van der Waals surface area contributed by atoms with Crippen molar-refractivity contribution in [1.29, 1.82) is 0 Å². The number of aliphatic hydroxyl groups is 1. The molecule has 1 atom stereocenters. The number of thiazole rings is 1. The van der Waals surface area contributed by atoms with Gasteiger partial charge in [0.25, 0.3) is 0 Å². The van der Waals surface area contributed by atoms with Crippen molar-refractivity contribution in [3.8, 4) is 0 Å². The average molecular weight is 242 g/mol. The van der Waals surface area contributed by atoms with Crippen molar-refractivity contribution in [1.82, 2.24) is 10.3 Å². The highest BCUT2D eigenvalue weighted by molar-refractivity contribution is 7.11. The fourth-order valence-electron chi connectivity index (χ4n) is 1.24. The molecule has 0 saturated carbocycles. The molecule has 4 heteroatoms. The first-order chi connectivity index (χ1) is 7.43. The summed E-state index contributed by atoms with van der Waals surface area (Å²) in [4.78, 5) is 5.69. The van der Waals surface area contributed by atoms with Crippen molar-refractivity contribution >= 4 is 11.3 Å². The highest BCUT2D eigenvalue weighted by atomic mass is 32.1. The molecule has 0 saturated heterocycles. The smallest absolute Gasteiger partial charge is 0.0981 e. The van der Waals surface area contributed by atoms with Crippen LogP contribution < -0.4 is 5.32 Å². The lowest BCUT2D eigenvalue weighted by Crippen LogP contribution is -2.22. The fraction of sp³-hybridized carbons (Fsp3) is 0.750. The Bertz CT molecular complexity index is 317. The number of hydrogen-bond donors (Lipinski definition) is 2. The minimum atomic E-state index is 0.140. The van der Waals surface area contributed by atoms with Gasteiger partial charge in [0.15, 0.2) is 0 Å². The second-order valence-electron chi connectivity index (χ2n) is 5.30. The molecular formula is C12H22N2OS. The number of rotatable bonds is 5. The maximum atomic E-state index is 8.89. The van der Waals surface area contributed by atoms with Crippen LogP contribution in [0.5, 0.6) is 0 Å². The Morgan fingerprint density at radius 3 is 2.69 bits per heavy atom. The summed E-state index contributed by atoms with van der Waals surface area (Å²) in [7, 11) is 0. The van der Waals surface area contributed by atoms with Crippen molar-refractivity contribution in [3.63, 3.8) is 0 Å². The van der Waals surface area contributed by atoms with E-state index >= 15 is 0 Å². The summed E-state index contributed by atoms with van der Waals surface area (Å²) in [6.45, 7) is 10.5. The lowest BCUT2D eigenvalue weighted by molar-refractivity contribution is 0.233. The molecule has 0 radical (unpaired) electrons. The normalized spacial score (nSPS) is 14.1. The molecule has 0 spiro atoms. The number of aliphatic hydroxyl groups excluding tert-OH is 1. The minimum absolute atomic E-state index is 0.140.